The fourth-order valence-electron chi connectivity index (χ4n) is 1.80. The molecule has 2 aromatic rings. The van der Waals surface area contributed by atoms with Crippen LogP contribution in [0.4, 0.5) is 0 Å². The standard InChI is InChI=1S/C17H17BrN2O3/c1-2-12-5-8-16(15(18)9-12)23-11-17(22)20-19-10-13-3-6-14(21)7-4-13/h3-10,21H,2,11H2,1H3,(H,20,22). The Morgan fingerprint density at radius 3 is 2.70 bits per heavy atom. The molecule has 2 N–H and O–H groups in total. The van der Waals surface area contributed by atoms with Crippen LogP contribution in [0.25, 0.3) is 0 Å². The lowest BCUT2D eigenvalue weighted by molar-refractivity contribution is -0.123. The van der Waals surface area contributed by atoms with Gasteiger partial charge in [0.25, 0.3) is 5.91 Å². The van der Waals surface area contributed by atoms with Gasteiger partial charge in [-0.2, -0.15) is 5.10 Å². The van der Waals surface area contributed by atoms with E-state index in [0.717, 1.165) is 16.5 Å². The summed E-state index contributed by atoms with van der Waals surface area (Å²) in [5.41, 5.74) is 4.34. The number of rotatable bonds is 6. The van der Waals surface area contributed by atoms with Crippen LogP contribution in [0.2, 0.25) is 0 Å². The lowest BCUT2D eigenvalue weighted by atomic mass is 10.2. The number of carbonyl (C=O) groups excluding carboxylic acids is 1. The molecule has 0 saturated heterocycles. The summed E-state index contributed by atoms with van der Waals surface area (Å²) in [6.07, 6.45) is 2.43. The van der Waals surface area contributed by atoms with E-state index in [1.807, 2.05) is 18.2 Å². The summed E-state index contributed by atoms with van der Waals surface area (Å²) in [6, 6.07) is 12.2. The number of aryl methyl sites for hydroxylation is 1. The smallest absolute Gasteiger partial charge is 0.277 e. The van der Waals surface area contributed by atoms with Gasteiger partial charge in [0.15, 0.2) is 6.61 Å². The van der Waals surface area contributed by atoms with Gasteiger partial charge in [-0.1, -0.05) is 13.0 Å². The Balaban J connectivity index is 1.82. The van der Waals surface area contributed by atoms with Crippen molar-refractivity contribution in [3.63, 3.8) is 0 Å². The largest absolute Gasteiger partial charge is 0.508 e. The molecule has 0 spiro atoms. The zero-order chi connectivity index (χ0) is 16.7. The average molecular weight is 377 g/mol. The van der Waals surface area contributed by atoms with Crippen molar-refractivity contribution in [2.24, 2.45) is 5.10 Å². The predicted molar refractivity (Wildman–Crippen MR) is 92.9 cm³/mol. The number of amides is 1. The number of nitrogens with zero attached hydrogens (tertiary/aromatic N) is 1. The second-order valence-electron chi connectivity index (χ2n) is 4.79. The minimum Gasteiger partial charge on any atom is -0.508 e. The number of benzene rings is 2. The van der Waals surface area contributed by atoms with Crippen LogP contribution < -0.4 is 10.2 Å². The van der Waals surface area contributed by atoms with Crippen LogP contribution in [-0.2, 0) is 11.2 Å². The van der Waals surface area contributed by atoms with Crippen molar-refractivity contribution in [2.45, 2.75) is 13.3 Å². The lowest BCUT2D eigenvalue weighted by Crippen LogP contribution is -2.24. The Labute approximate surface area is 143 Å². The number of halogens is 1. The summed E-state index contributed by atoms with van der Waals surface area (Å²) in [4.78, 5) is 11.7. The fourth-order valence-corrected chi connectivity index (χ4v) is 2.34. The first-order valence-corrected chi connectivity index (χ1v) is 7.90. The van der Waals surface area contributed by atoms with E-state index in [1.165, 1.54) is 11.8 Å². The van der Waals surface area contributed by atoms with Crippen LogP contribution in [0.3, 0.4) is 0 Å². The van der Waals surface area contributed by atoms with Gasteiger partial charge in [-0.15, -0.1) is 0 Å². The zero-order valence-corrected chi connectivity index (χ0v) is 14.2. The fraction of sp³-hybridized carbons (Fsp3) is 0.176. The molecule has 0 aliphatic heterocycles. The van der Waals surface area contributed by atoms with Crippen LogP contribution in [0, 0.1) is 0 Å². The van der Waals surface area contributed by atoms with E-state index >= 15 is 0 Å². The van der Waals surface area contributed by atoms with Crippen molar-refractivity contribution >= 4 is 28.1 Å². The van der Waals surface area contributed by atoms with Crippen molar-refractivity contribution in [3.05, 3.63) is 58.1 Å². The van der Waals surface area contributed by atoms with Crippen LogP contribution >= 0.6 is 15.9 Å². The Hall–Kier alpha value is -2.34. The van der Waals surface area contributed by atoms with Gasteiger partial charge in [0.1, 0.15) is 11.5 Å². The highest BCUT2D eigenvalue weighted by molar-refractivity contribution is 9.10. The SMILES string of the molecule is CCc1ccc(OCC(=O)NN=Cc2ccc(O)cc2)c(Br)c1. The van der Waals surface area contributed by atoms with Crippen molar-refractivity contribution in [2.75, 3.05) is 6.61 Å². The summed E-state index contributed by atoms with van der Waals surface area (Å²) in [5, 5.41) is 13.0. The topological polar surface area (TPSA) is 70.9 Å². The molecule has 0 radical (unpaired) electrons. The highest BCUT2D eigenvalue weighted by Gasteiger charge is 2.05. The Morgan fingerprint density at radius 1 is 1.30 bits per heavy atom. The molecule has 2 aromatic carbocycles. The van der Waals surface area contributed by atoms with E-state index in [4.69, 9.17) is 9.84 Å². The minimum absolute atomic E-state index is 0.128. The summed E-state index contributed by atoms with van der Waals surface area (Å²) in [5.74, 6) is 0.436. The zero-order valence-electron chi connectivity index (χ0n) is 12.6. The minimum atomic E-state index is -0.355. The molecule has 1 amide bonds. The molecule has 0 atom stereocenters. The molecule has 0 unspecified atom stereocenters. The van der Waals surface area contributed by atoms with E-state index in [2.05, 4.69) is 33.4 Å². The van der Waals surface area contributed by atoms with Crippen molar-refractivity contribution in [1.82, 2.24) is 5.43 Å². The van der Waals surface area contributed by atoms with Crippen LogP contribution in [-0.4, -0.2) is 23.8 Å². The molecule has 5 nitrogen and oxygen atoms in total. The maximum absolute atomic E-state index is 11.7. The predicted octanol–water partition coefficient (Wildman–Crippen LogP) is 3.25. The van der Waals surface area contributed by atoms with Gasteiger partial charge in [0.2, 0.25) is 0 Å². The van der Waals surface area contributed by atoms with E-state index in [1.54, 1.807) is 24.3 Å². The maximum atomic E-state index is 11.7. The molecule has 23 heavy (non-hydrogen) atoms. The normalized spacial score (nSPS) is 10.7. The number of ether oxygens (including phenoxy) is 1. The number of hydrazone groups is 1. The van der Waals surface area contributed by atoms with Crippen LogP contribution in [0.1, 0.15) is 18.1 Å². The average Bonchev–Trinajstić information content (AvgIpc) is 2.55. The summed E-state index contributed by atoms with van der Waals surface area (Å²) in [6.45, 7) is 1.94. The van der Waals surface area contributed by atoms with Crippen molar-refractivity contribution in [1.29, 1.82) is 0 Å². The van der Waals surface area contributed by atoms with Gasteiger partial charge in [-0.3, -0.25) is 4.79 Å². The Kier molecular flexibility index (Phi) is 6.17. The summed E-state index contributed by atoms with van der Waals surface area (Å²) < 4.78 is 6.27. The number of aromatic hydroxyl groups is 1. The number of phenols is 1. The lowest BCUT2D eigenvalue weighted by Gasteiger charge is -2.08. The quantitative estimate of drug-likeness (QED) is 0.600. The monoisotopic (exact) mass is 376 g/mol. The van der Waals surface area contributed by atoms with Crippen molar-refractivity contribution < 1.29 is 14.6 Å². The second kappa shape index (κ2) is 8.33. The first-order valence-electron chi connectivity index (χ1n) is 7.10. The number of nitrogens with one attached hydrogen (secondary N) is 1. The molecule has 0 fully saturated rings. The molecular weight excluding hydrogens is 360 g/mol. The van der Waals surface area contributed by atoms with Crippen LogP contribution in [0.5, 0.6) is 11.5 Å². The van der Waals surface area contributed by atoms with E-state index in [0.29, 0.717) is 5.75 Å². The third-order valence-electron chi connectivity index (χ3n) is 3.06. The third-order valence-corrected chi connectivity index (χ3v) is 3.68. The maximum Gasteiger partial charge on any atom is 0.277 e. The highest BCUT2D eigenvalue weighted by atomic mass is 79.9. The number of phenolic OH excluding ortho intramolecular Hbond substituents is 1. The molecule has 0 aliphatic rings. The molecule has 0 aliphatic carbocycles. The number of hydrogen-bond donors (Lipinski definition) is 2. The highest BCUT2D eigenvalue weighted by Crippen LogP contribution is 2.26. The number of carbonyl (C=O) groups is 1. The third kappa shape index (κ3) is 5.41. The van der Waals surface area contributed by atoms with Crippen LogP contribution in [0.15, 0.2) is 52.0 Å². The molecule has 0 aromatic heterocycles. The van der Waals surface area contributed by atoms with Crippen molar-refractivity contribution in [3.8, 4) is 11.5 Å². The molecule has 0 heterocycles. The first-order chi connectivity index (χ1) is 11.1. The second-order valence-corrected chi connectivity index (χ2v) is 5.65. The Morgan fingerprint density at radius 2 is 2.04 bits per heavy atom. The van der Waals surface area contributed by atoms with E-state index in [9.17, 15) is 4.79 Å². The Bertz CT molecular complexity index is 699. The van der Waals surface area contributed by atoms with E-state index < -0.39 is 0 Å². The van der Waals surface area contributed by atoms with Gasteiger partial charge in [0, 0.05) is 0 Å². The van der Waals surface area contributed by atoms with Gasteiger partial charge >= 0.3 is 0 Å². The summed E-state index contributed by atoms with van der Waals surface area (Å²) in [7, 11) is 0. The molecular formula is C17H17BrN2O3. The molecule has 2 rings (SSSR count). The van der Waals surface area contributed by atoms with Gasteiger partial charge in [0.05, 0.1) is 10.7 Å². The molecule has 6 heteroatoms. The summed E-state index contributed by atoms with van der Waals surface area (Å²) >= 11 is 3.42. The van der Waals surface area contributed by atoms with Gasteiger partial charge < -0.3 is 9.84 Å². The van der Waals surface area contributed by atoms with Gasteiger partial charge in [-0.05, 0) is 69.9 Å². The molecule has 0 saturated carbocycles. The van der Waals surface area contributed by atoms with E-state index in [-0.39, 0.29) is 18.3 Å². The molecule has 120 valence electrons. The molecule has 0 bridgehead atoms. The van der Waals surface area contributed by atoms with Gasteiger partial charge in [-0.25, -0.2) is 5.43 Å². The number of hydrogen-bond acceptors (Lipinski definition) is 4. The first kappa shape index (κ1) is 17.0.